The van der Waals surface area contributed by atoms with E-state index >= 15 is 0 Å². The lowest BCUT2D eigenvalue weighted by molar-refractivity contribution is -0.248. The van der Waals surface area contributed by atoms with Gasteiger partial charge in [0.2, 0.25) is 5.91 Å². The van der Waals surface area contributed by atoms with Crippen LogP contribution in [0.5, 0.6) is 11.5 Å². The molecular weight excluding hydrogens is 604 g/mol. The van der Waals surface area contributed by atoms with Crippen LogP contribution in [0.25, 0.3) is 0 Å². The number of rotatable bonds is 7. The average Bonchev–Trinajstić information content (AvgIpc) is 3.34. The minimum absolute atomic E-state index is 0.0521. The van der Waals surface area contributed by atoms with E-state index in [2.05, 4.69) is 23.3 Å². The monoisotopic (exact) mass is 642 g/mol. The van der Waals surface area contributed by atoms with Crippen LogP contribution in [0.4, 0.5) is 0 Å². The molecule has 1 aromatic rings. The molecule has 1 spiro atoms. The molecule has 5 aliphatic rings. The van der Waals surface area contributed by atoms with Crippen molar-refractivity contribution in [2.45, 2.75) is 94.2 Å². The molecule has 10 atom stereocenters. The summed E-state index contributed by atoms with van der Waals surface area (Å²) >= 11 is 0. The van der Waals surface area contributed by atoms with Gasteiger partial charge in [-0.3, -0.25) is 19.2 Å². The molecule has 0 saturated carbocycles. The molecule has 3 heterocycles. The van der Waals surface area contributed by atoms with Gasteiger partial charge in [0.25, 0.3) is 0 Å². The van der Waals surface area contributed by atoms with Crippen molar-refractivity contribution in [2.75, 3.05) is 20.7 Å². The predicted octanol–water partition coefficient (Wildman–Crippen LogP) is 0.448. The Morgan fingerprint density at radius 1 is 1.00 bits per heavy atom. The molecule has 1 amide bonds. The molecular formula is C32H38N2O12. The van der Waals surface area contributed by atoms with Crippen LogP contribution < -0.4 is 10.1 Å². The lowest BCUT2D eigenvalue weighted by Gasteiger charge is -2.57. The molecule has 3 aliphatic heterocycles. The number of hydrogen-bond donors (Lipinski definition) is 2. The maximum Gasteiger partial charge on any atom is 0.339 e. The topological polar surface area (TPSA) is 176 Å². The second kappa shape index (κ2) is 11.9. The molecule has 2 saturated heterocycles. The van der Waals surface area contributed by atoms with E-state index in [-0.39, 0.29) is 17.7 Å². The van der Waals surface area contributed by atoms with Crippen molar-refractivity contribution in [1.82, 2.24) is 10.2 Å². The van der Waals surface area contributed by atoms with Gasteiger partial charge >= 0.3 is 23.9 Å². The Kier molecular flexibility index (Phi) is 8.21. The number of benzene rings is 1. The van der Waals surface area contributed by atoms with Crippen molar-refractivity contribution >= 4 is 29.8 Å². The quantitative estimate of drug-likeness (QED) is 0.238. The fraction of sp³-hybridized carbons (Fsp3) is 0.594. The van der Waals surface area contributed by atoms with E-state index in [1.807, 2.05) is 12.1 Å². The van der Waals surface area contributed by atoms with Crippen LogP contribution >= 0.6 is 0 Å². The molecule has 14 nitrogen and oxygen atoms in total. The molecule has 2 fully saturated rings. The van der Waals surface area contributed by atoms with Gasteiger partial charge in [0.1, 0.15) is 12.2 Å². The number of carbonyl (C=O) groups excluding carboxylic acids is 5. The van der Waals surface area contributed by atoms with Gasteiger partial charge in [-0.05, 0) is 38.1 Å². The molecule has 46 heavy (non-hydrogen) atoms. The Labute approximate surface area is 265 Å². The zero-order chi connectivity index (χ0) is 33.1. The molecule has 248 valence electrons. The van der Waals surface area contributed by atoms with Gasteiger partial charge in [0, 0.05) is 43.7 Å². The van der Waals surface area contributed by atoms with E-state index in [1.54, 1.807) is 6.07 Å². The van der Waals surface area contributed by atoms with Gasteiger partial charge < -0.3 is 43.7 Å². The Morgan fingerprint density at radius 3 is 2.35 bits per heavy atom. The predicted molar refractivity (Wildman–Crippen MR) is 155 cm³/mol. The fourth-order valence-electron chi connectivity index (χ4n) is 8.18. The maximum absolute atomic E-state index is 13.8. The van der Waals surface area contributed by atoms with Crippen molar-refractivity contribution in [3.63, 3.8) is 0 Å². The van der Waals surface area contributed by atoms with Crippen LogP contribution in [0.1, 0.15) is 44.7 Å². The summed E-state index contributed by atoms with van der Waals surface area (Å²) in [6.07, 6.45) is -2.64. The number of aromatic hydroxyl groups is 1. The van der Waals surface area contributed by atoms with E-state index < -0.39 is 84.3 Å². The Hall–Kier alpha value is -4.17. The molecule has 1 aromatic carbocycles. The first-order valence-corrected chi connectivity index (χ1v) is 15.3. The summed E-state index contributed by atoms with van der Waals surface area (Å²) in [7, 11) is 3.21. The van der Waals surface area contributed by atoms with Gasteiger partial charge in [-0.2, -0.15) is 0 Å². The smallest absolute Gasteiger partial charge is 0.339 e. The molecule has 2 unspecified atom stereocenters. The highest BCUT2D eigenvalue weighted by atomic mass is 16.7. The molecule has 2 N–H and O–H groups in total. The summed E-state index contributed by atoms with van der Waals surface area (Å²) in [5, 5.41) is 13.8. The van der Waals surface area contributed by atoms with Crippen molar-refractivity contribution < 1.29 is 57.5 Å². The van der Waals surface area contributed by atoms with E-state index in [4.69, 9.17) is 28.4 Å². The molecule has 2 aliphatic carbocycles. The van der Waals surface area contributed by atoms with Crippen molar-refractivity contribution in [3.8, 4) is 11.5 Å². The van der Waals surface area contributed by atoms with Crippen molar-refractivity contribution in [2.24, 2.45) is 5.92 Å². The summed E-state index contributed by atoms with van der Waals surface area (Å²) in [4.78, 5) is 65.1. The fourth-order valence-corrected chi connectivity index (χ4v) is 8.18. The number of methoxy groups -OCH3 is 1. The van der Waals surface area contributed by atoms with Crippen molar-refractivity contribution in [1.29, 1.82) is 0 Å². The zero-order valence-corrected chi connectivity index (χ0v) is 26.2. The number of nitrogens with zero attached hydrogens (tertiary/aromatic N) is 1. The number of amides is 1. The second-order valence-corrected chi connectivity index (χ2v) is 12.6. The number of piperidine rings is 1. The van der Waals surface area contributed by atoms with Crippen LogP contribution in [0.2, 0.25) is 0 Å². The number of nitrogens with one attached hydrogen (secondary N) is 1. The first-order valence-electron chi connectivity index (χ1n) is 15.3. The zero-order valence-electron chi connectivity index (χ0n) is 26.2. The van der Waals surface area contributed by atoms with Gasteiger partial charge in [0.05, 0.1) is 19.6 Å². The third-order valence-corrected chi connectivity index (χ3v) is 9.86. The number of phenolic OH excluding ortho intramolecular Hbond substituents is 1. The maximum atomic E-state index is 13.8. The van der Waals surface area contributed by atoms with E-state index in [9.17, 15) is 29.1 Å². The van der Waals surface area contributed by atoms with Crippen LogP contribution in [0.15, 0.2) is 24.3 Å². The third-order valence-electron chi connectivity index (χ3n) is 9.86. The average molecular weight is 643 g/mol. The lowest BCUT2D eigenvalue weighted by Crippen LogP contribution is -2.67. The number of esters is 4. The normalized spacial score (nSPS) is 35.2. The largest absolute Gasteiger partial charge is 0.504 e. The minimum atomic E-state index is -1.59. The summed E-state index contributed by atoms with van der Waals surface area (Å²) < 4.78 is 33.5. The Bertz CT molecular complexity index is 1490. The first-order chi connectivity index (χ1) is 21.8. The van der Waals surface area contributed by atoms with Gasteiger partial charge in [0.15, 0.2) is 35.9 Å². The summed E-state index contributed by atoms with van der Waals surface area (Å²) in [6, 6.07) is 3.23. The summed E-state index contributed by atoms with van der Waals surface area (Å²) in [6.45, 7) is 4.13. The molecule has 0 radical (unpaired) electrons. The van der Waals surface area contributed by atoms with Gasteiger partial charge in [-0.15, -0.1) is 0 Å². The highest BCUT2D eigenvalue weighted by Gasteiger charge is 2.64. The number of phenols is 1. The highest BCUT2D eigenvalue weighted by molar-refractivity contribution is 5.79. The van der Waals surface area contributed by atoms with E-state index in [1.165, 1.54) is 0 Å². The molecule has 2 bridgehead atoms. The van der Waals surface area contributed by atoms with Crippen LogP contribution in [0, 0.1) is 5.92 Å². The lowest BCUT2D eigenvalue weighted by atomic mass is 9.53. The number of hydrogen-bond acceptors (Lipinski definition) is 13. The number of carbonyl (C=O) groups is 5. The highest BCUT2D eigenvalue weighted by Crippen LogP contribution is 2.62. The summed E-state index contributed by atoms with van der Waals surface area (Å²) in [5.74, 6) is -3.27. The minimum Gasteiger partial charge on any atom is -0.504 e. The Balaban J connectivity index is 1.29. The van der Waals surface area contributed by atoms with Crippen LogP contribution in [-0.2, 0) is 59.5 Å². The molecule has 14 heteroatoms. The van der Waals surface area contributed by atoms with E-state index in [0.29, 0.717) is 5.75 Å². The number of likely N-dealkylation sites (N-methyl/N-ethyl adjacent to an activating group) is 1. The first kappa shape index (κ1) is 31.8. The standard InChI is InChI=1S/C32H38N2O12/c1-14(35)42-26-22(45-29(31(40)41-5)28(44-16(3)37)27(26)43-15(2)36)13-23(39)33-19-8-7-18-20-12-17-6-9-21(38)25-24(17)32(18,30(19)46-25)10-11-34(20)4/h6-9,18-20,22,26-30,38H,10-13H2,1-5H3,(H,33,39)/t18?,19-,20-,22?,26+,27-,28+,29+,30+,32+/m1/s1. The SMILES string of the molecule is COC(=O)[C@H]1OC(CC(=O)N[C@@H]2C=CC3[C@H]4Cc5ccc(O)c6c5[C@@]3(CCN4C)[C@H]2O6)[C@H](OC(C)=O)[C@@H](OC(C)=O)[C@@H]1OC(C)=O. The molecule has 6 rings (SSSR count). The Morgan fingerprint density at radius 2 is 1.67 bits per heavy atom. The second-order valence-electron chi connectivity index (χ2n) is 12.6. The van der Waals surface area contributed by atoms with Gasteiger partial charge in [-0.1, -0.05) is 18.2 Å². The molecule has 0 aromatic heterocycles. The van der Waals surface area contributed by atoms with Crippen LogP contribution in [0.3, 0.4) is 0 Å². The number of ether oxygens (including phenoxy) is 6. The third kappa shape index (κ3) is 5.16. The summed E-state index contributed by atoms with van der Waals surface area (Å²) in [5.41, 5.74) is 1.67. The van der Waals surface area contributed by atoms with Crippen molar-refractivity contribution in [3.05, 3.63) is 35.4 Å². The van der Waals surface area contributed by atoms with Gasteiger partial charge in [-0.25, -0.2) is 4.79 Å². The van der Waals surface area contributed by atoms with Crippen LogP contribution in [-0.4, -0.2) is 109 Å². The number of likely N-dealkylation sites (tertiary alicyclic amines) is 1. The van der Waals surface area contributed by atoms with E-state index in [0.717, 1.165) is 58.4 Å².